The van der Waals surface area contributed by atoms with Crippen molar-refractivity contribution in [3.8, 4) is 0 Å². The van der Waals surface area contributed by atoms with Crippen molar-refractivity contribution in [3.63, 3.8) is 0 Å². The van der Waals surface area contributed by atoms with Crippen LogP contribution in [0.15, 0.2) is 42.5 Å². The first-order valence-electron chi connectivity index (χ1n) is 5.76. The molecule has 2 aromatic rings. The molecule has 96 valence electrons. The number of halogens is 2. The highest BCUT2D eigenvalue weighted by atomic mass is 19.1. The average Bonchev–Trinajstić information content (AvgIpc) is 2.65. The minimum Gasteiger partial charge on any atom is -0.370 e. The van der Waals surface area contributed by atoms with Crippen LogP contribution in [0, 0.1) is 11.6 Å². The largest absolute Gasteiger partial charge is 0.370 e. The quantitative estimate of drug-likeness (QED) is 0.871. The van der Waals surface area contributed by atoms with Gasteiger partial charge in [-0.1, -0.05) is 12.1 Å². The zero-order chi connectivity index (χ0) is 13.4. The summed E-state index contributed by atoms with van der Waals surface area (Å²) in [6, 6.07) is 9.29. The number of benzene rings is 2. The number of anilines is 2. The van der Waals surface area contributed by atoms with Crippen LogP contribution in [-0.2, 0) is 4.79 Å². The molecule has 0 saturated carbocycles. The molecular formula is C14H10F2N2O. The minimum atomic E-state index is -0.641. The summed E-state index contributed by atoms with van der Waals surface area (Å²) >= 11 is 0. The summed E-state index contributed by atoms with van der Waals surface area (Å²) in [6.07, 6.45) is 0. The van der Waals surface area contributed by atoms with Gasteiger partial charge in [0.25, 0.3) is 5.91 Å². The fourth-order valence-electron chi connectivity index (χ4n) is 2.12. The van der Waals surface area contributed by atoms with Gasteiger partial charge in [0.1, 0.15) is 17.7 Å². The monoisotopic (exact) mass is 260 g/mol. The molecule has 2 N–H and O–H groups in total. The van der Waals surface area contributed by atoms with Gasteiger partial charge in [-0.05, 0) is 30.3 Å². The topological polar surface area (TPSA) is 41.1 Å². The van der Waals surface area contributed by atoms with Gasteiger partial charge < -0.3 is 10.6 Å². The molecule has 0 fully saturated rings. The van der Waals surface area contributed by atoms with Crippen LogP contribution in [-0.4, -0.2) is 5.91 Å². The van der Waals surface area contributed by atoms with Gasteiger partial charge in [0, 0.05) is 16.9 Å². The second-order valence-electron chi connectivity index (χ2n) is 4.31. The van der Waals surface area contributed by atoms with Gasteiger partial charge >= 0.3 is 0 Å². The summed E-state index contributed by atoms with van der Waals surface area (Å²) in [5, 5.41) is 5.52. The number of hydrogen-bond acceptors (Lipinski definition) is 2. The standard InChI is InChI=1S/C14H10F2N2O/c15-8-2-1-3-10(6-8)17-13-11-5-4-9(16)7-12(11)18-14(13)19/h1-7,13,17H,(H,18,19). The highest BCUT2D eigenvalue weighted by Crippen LogP contribution is 2.33. The van der Waals surface area contributed by atoms with E-state index in [1.54, 1.807) is 18.2 Å². The summed E-state index contributed by atoms with van der Waals surface area (Å²) in [6.45, 7) is 0. The van der Waals surface area contributed by atoms with Gasteiger partial charge in [-0.3, -0.25) is 4.79 Å². The Bertz CT molecular complexity index is 658. The maximum absolute atomic E-state index is 13.1. The van der Waals surface area contributed by atoms with Crippen LogP contribution in [0.5, 0.6) is 0 Å². The number of hydrogen-bond donors (Lipinski definition) is 2. The van der Waals surface area contributed by atoms with Crippen LogP contribution in [0.4, 0.5) is 20.2 Å². The molecule has 1 atom stereocenters. The van der Waals surface area contributed by atoms with E-state index in [1.807, 2.05) is 0 Å². The van der Waals surface area contributed by atoms with E-state index in [2.05, 4.69) is 10.6 Å². The first-order valence-corrected chi connectivity index (χ1v) is 5.76. The Kier molecular flexibility index (Phi) is 2.67. The van der Waals surface area contributed by atoms with Crippen molar-refractivity contribution in [1.29, 1.82) is 0 Å². The number of amides is 1. The fraction of sp³-hybridized carbons (Fsp3) is 0.0714. The molecule has 1 amide bonds. The van der Waals surface area contributed by atoms with Gasteiger partial charge in [-0.2, -0.15) is 0 Å². The first-order chi connectivity index (χ1) is 9.13. The van der Waals surface area contributed by atoms with Gasteiger partial charge in [0.15, 0.2) is 0 Å². The lowest BCUT2D eigenvalue weighted by Crippen LogP contribution is -2.19. The molecule has 2 aromatic carbocycles. The normalized spacial score (nSPS) is 16.9. The molecule has 3 rings (SSSR count). The summed E-state index contributed by atoms with van der Waals surface area (Å²) < 4.78 is 26.2. The Hall–Kier alpha value is -2.43. The van der Waals surface area contributed by atoms with Crippen LogP contribution < -0.4 is 10.6 Å². The number of rotatable bonds is 2. The molecule has 0 radical (unpaired) electrons. The number of carbonyl (C=O) groups excluding carboxylic acids is 1. The van der Waals surface area contributed by atoms with Crippen molar-refractivity contribution in [2.45, 2.75) is 6.04 Å². The second kappa shape index (κ2) is 4.35. The lowest BCUT2D eigenvalue weighted by molar-refractivity contribution is -0.116. The minimum absolute atomic E-state index is 0.287. The maximum atomic E-state index is 13.1. The highest BCUT2D eigenvalue weighted by molar-refractivity contribution is 6.04. The molecular weight excluding hydrogens is 250 g/mol. The second-order valence-corrected chi connectivity index (χ2v) is 4.31. The van der Waals surface area contributed by atoms with E-state index in [4.69, 9.17) is 0 Å². The van der Waals surface area contributed by atoms with E-state index in [0.29, 0.717) is 16.9 Å². The molecule has 5 heteroatoms. The zero-order valence-corrected chi connectivity index (χ0v) is 9.78. The Balaban J connectivity index is 1.92. The molecule has 1 unspecified atom stereocenters. The highest BCUT2D eigenvalue weighted by Gasteiger charge is 2.30. The average molecular weight is 260 g/mol. The van der Waals surface area contributed by atoms with E-state index >= 15 is 0 Å². The van der Waals surface area contributed by atoms with E-state index < -0.39 is 11.9 Å². The van der Waals surface area contributed by atoms with Crippen molar-refractivity contribution in [1.82, 2.24) is 0 Å². The van der Waals surface area contributed by atoms with Gasteiger partial charge in [0.2, 0.25) is 0 Å². The summed E-state index contributed by atoms with van der Waals surface area (Å²) in [4.78, 5) is 11.8. The zero-order valence-electron chi connectivity index (χ0n) is 9.78. The summed E-state index contributed by atoms with van der Waals surface area (Å²) in [5.41, 5.74) is 1.59. The van der Waals surface area contributed by atoms with Crippen molar-refractivity contribution in [2.24, 2.45) is 0 Å². The third-order valence-corrected chi connectivity index (χ3v) is 2.98. The third-order valence-electron chi connectivity index (χ3n) is 2.98. The molecule has 1 heterocycles. The smallest absolute Gasteiger partial charge is 0.251 e. The Morgan fingerprint density at radius 2 is 1.84 bits per heavy atom. The van der Waals surface area contributed by atoms with Crippen molar-refractivity contribution >= 4 is 17.3 Å². The predicted octanol–water partition coefficient (Wildman–Crippen LogP) is 3.07. The van der Waals surface area contributed by atoms with Crippen molar-refractivity contribution < 1.29 is 13.6 Å². The third kappa shape index (κ3) is 2.14. The molecule has 0 aromatic heterocycles. The number of nitrogens with one attached hydrogen (secondary N) is 2. The van der Waals surface area contributed by atoms with Crippen LogP contribution in [0.1, 0.15) is 11.6 Å². The lowest BCUT2D eigenvalue weighted by Gasteiger charge is -2.12. The predicted molar refractivity (Wildman–Crippen MR) is 67.8 cm³/mol. The van der Waals surface area contributed by atoms with E-state index in [1.165, 1.54) is 24.3 Å². The lowest BCUT2D eigenvalue weighted by atomic mass is 10.1. The van der Waals surface area contributed by atoms with Crippen LogP contribution in [0.25, 0.3) is 0 Å². The Morgan fingerprint density at radius 1 is 1.05 bits per heavy atom. The Labute approximate surface area is 108 Å². The SMILES string of the molecule is O=C1Nc2cc(F)ccc2C1Nc1cccc(F)c1. The Morgan fingerprint density at radius 3 is 2.63 bits per heavy atom. The van der Waals surface area contributed by atoms with Gasteiger partial charge in [-0.25, -0.2) is 8.78 Å². The van der Waals surface area contributed by atoms with Crippen molar-refractivity contribution in [2.75, 3.05) is 10.6 Å². The number of fused-ring (bicyclic) bond motifs is 1. The van der Waals surface area contributed by atoms with E-state index in [0.717, 1.165) is 0 Å². The maximum Gasteiger partial charge on any atom is 0.251 e. The molecule has 19 heavy (non-hydrogen) atoms. The van der Waals surface area contributed by atoms with Crippen LogP contribution >= 0.6 is 0 Å². The van der Waals surface area contributed by atoms with Gasteiger partial charge in [-0.15, -0.1) is 0 Å². The molecule has 0 spiro atoms. The summed E-state index contributed by atoms with van der Waals surface area (Å²) in [5.74, 6) is -1.09. The van der Waals surface area contributed by atoms with Crippen molar-refractivity contribution in [3.05, 3.63) is 59.7 Å². The molecule has 0 bridgehead atoms. The van der Waals surface area contributed by atoms with E-state index in [9.17, 15) is 13.6 Å². The molecule has 3 nitrogen and oxygen atoms in total. The summed E-state index contributed by atoms with van der Waals surface area (Å²) in [7, 11) is 0. The molecule has 0 saturated heterocycles. The molecule has 0 aliphatic carbocycles. The number of carbonyl (C=O) groups is 1. The van der Waals surface area contributed by atoms with Gasteiger partial charge in [0.05, 0.1) is 0 Å². The molecule has 1 aliphatic heterocycles. The first kappa shape index (κ1) is 11.6. The molecule has 1 aliphatic rings. The van der Waals surface area contributed by atoms with E-state index in [-0.39, 0.29) is 11.7 Å². The fourth-order valence-corrected chi connectivity index (χ4v) is 2.12. The van der Waals surface area contributed by atoms with Crippen LogP contribution in [0.2, 0.25) is 0 Å². The van der Waals surface area contributed by atoms with Crippen LogP contribution in [0.3, 0.4) is 0 Å².